The van der Waals surface area contributed by atoms with E-state index in [0.29, 0.717) is 49.0 Å². The molecule has 0 aromatic heterocycles. The lowest BCUT2D eigenvalue weighted by molar-refractivity contribution is -0.139. The van der Waals surface area contributed by atoms with Gasteiger partial charge in [-0.1, -0.05) is 11.6 Å². The Hall–Kier alpha value is -1.89. The summed E-state index contributed by atoms with van der Waals surface area (Å²) >= 11 is 6.01. The van der Waals surface area contributed by atoms with E-state index in [1.165, 1.54) is 0 Å². The van der Waals surface area contributed by atoms with Crippen LogP contribution in [0.15, 0.2) is 18.2 Å². The Morgan fingerprint density at radius 3 is 2.66 bits per heavy atom. The SMILES string of the molecule is O=C1NCCCCN(C(=O)C2CCC(F)(F)CC2)CCCOc2ccc(Cl)cc21. The van der Waals surface area contributed by atoms with Crippen molar-refractivity contribution in [2.75, 3.05) is 26.2 Å². The molecule has 1 saturated carbocycles. The van der Waals surface area contributed by atoms with E-state index in [2.05, 4.69) is 5.32 Å². The maximum atomic E-state index is 13.4. The average molecular weight is 429 g/mol. The lowest BCUT2D eigenvalue weighted by atomic mass is 9.86. The highest BCUT2D eigenvalue weighted by Crippen LogP contribution is 2.37. The molecule has 1 aliphatic carbocycles. The van der Waals surface area contributed by atoms with Crippen LogP contribution in [0.2, 0.25) is 5.02 Å². The van der Waals surface area contributed by atoms with Crippen molar-refractivity contribution in [1.82, 2.24) is 10.2 Å². The number of halogens is 3. The number of nitrogens with zero attached hydrogens (tertiary/aromatic N) is 1. The number of hydrogen-bond acceptors (Lipinski definition) is 3. The molecule has 0 radical (unpaired) electrons. The molecule has 0 bridgehead atoms. The lowest BCUT2D eigenvalue weighted by Crippen LogP contribution is -2.41. The Balaban J connectivity index is 1.63. The van der Waals surface area contributed by atoms with E-state index >= 15 is 0 Å². The largest absolute Gasteiger partial charge is 0.493 e. The van der Waals surface area contributed by atoms with Gasteiger partial charge in [-0.25, -0.2) is 8.78 Å². The van der Waals surface area contributed by atoms with E-state index in [-0.39, 0.29) is 43.4 Å². The number of hydrogen-bond donors (Lipinski definition) is 1. The Morgan fingerprint density at radius 2 is 1.90 bits per heavy atom. The fourth-order valence-corrected chi connectivity index (χ4v) is 4.02. The Labute approximate surface area is 174 Å². The van der Waals surface area contributed by atoms with Crippen molar-refractivity contribution in [3.63, 3.8) is 0 Å². The van der Waals surface area contributed by atoms with Gasteiger partial charge in [0.25, 0.3) is 5.91 Å². The minimum Gasteiger partial charge on any atom is -0.493 e. The second-order valence-electron chi connectivity index (χ2n) is 7.76. The maximum Gasteiger partial charge on any atom is 0.255 e. The molecule has 1 aromatic rings. The molecule has 160 valence electrons. The molecule has 0 spiro atoms. The number of carbonyl (C=O) groups is 2. The normalized spacial score (nSPS) is 21.6. The number of nitrogens with one attached hydrogen (secondary N) is 1. The number of alkyl halides is 2. The van der Waals surface area contributed by atoms with Crippen molar-refractivity contribution in [1.29, 1.82) is 0 Å². The van der Waals surface area contributed by atoms with Crippen LogP contribution < -0.4 is 10.1 Å². The predicted molar refractivity (Wildman–Crippen MR) is 107 cm³/mol. The molecule has 1 heterocycles. The first kappa shape index (κ1) is 21.8. The molecular weight excluding hydrogens is 402 g/mol. The Kier molecular flexibility index (Phi) is 7.33. The van der Waals surface area contributed by atoms with Crippen LogP contribution >= 0.6 is 11.6 Å². The quantitative estimate of drug-likeness (QED) is 0.726. The molecular formula is C21H27ClF2N2O3. The number of ether oxygens (including phenoxy) is 1. The zero-order valence-electron chi connectivity index (χ0n) is 16.4. The van der Waals surface area contributed by atoms with Gasteiger partial charge in [0.2, 0.25) is 11.8 Å². The van der Waals surface area contributed by atoms with Crippen molar-refractivity contribution in [2.24, 2.45) is 5.92 Å². The molecule has 0 saturated heterocycles. The summed E-state index contributed by atoms with van der Waals surface area (Å²) in [5, 5.41) is 3.32. The van der Waals surface area contributed by atoms with E-state index in [0.717, 1.165) is 12.8 Å². The van der Waals surface area contributed by atoms with Gasteiger partial charge in [0.15, 0.2) is 0 Å². The van der Waals surface area contributed by atoms with Crippen LogP contribution in [-0.2, 0) is 4.79 Å². The summed E-state index contributed by atoms with van der Waals surface area (Å²) in [6, 6.07) is 4.92. The summed E-state index contributed by atoms with van der Waals surface area (Å²) in [6.45, 7) is 1.88. The molecule has 1 aromatic carbocycles. The van der Waals surface area contributed by atoms with Crippen LogP contribution in [0, 0.1) is 5.92 Å². The first-order chi connectivity index (χ1) is 13.9. The average Bonchev–Trinajstić information content (AvgIpc) is 2.70. The summed E-state index contributed by atoms with van der Waals surface area (Å²) in [5.74, 6) is -2.78. The van der Waals surface area contributed by atoms with Gasteiger partial charge in [0, 0.05) is 43.4 Å². The van der Waals surface area contributed by atoms with Gasteiger partial charge in [0.1, 0.15) is 5.75 Å². The molecule has 0 unspecified atom stereocenters. The van der Waals surface area contributed by atoms with Crippen molar-refractivity contribution >= 4 is 23.4 Å². The fourth-order valence-electron chi connectivity index (χ4n) is 3.85. The molecule has 8 heteroatoms. The summed E-state index contributed by atoms with van der Waals surface area (Å²) in [6.07, 6.45) is 2.09. The zero-order chi connectivity index (χ0) is 20.9. The number of amides is 2. The van der Waals surface area contributed by atoms with Gasteiger partial charge in [0.05, 0.1) is 12.2 Å². The van der Waals surface area contributed by atoms with Crippen molar-refractivity contribution in [2.45, 2.75) is 50.9 Å². The Morgan fingerprint density at radius 1 is 1.17 bits per heavy atom. The van der Waals surface area contributed by atoms with E-state index in [4.69, 9.17) is 16.3 Å². The second-order valence-corrected chi connectivity index (χ2v) is 8.20. The standard InChI is InChI=1S/C21H27ClF2N2O3/c22-16-4-5-18-17(14-16)19(27)25-10-1-2-11-26(12-3-13-29-18)20(28)15-6-8-21(23,24)9-7-15/h4-5,14-15H,1-3,6-13H2,(H,25,27). The highest BCUT2D eigenvalue weighted by Gasteiger charge is 2.38. The molecule has 3 rings (SSSR count). The van der Waals surface area contributed by atoms with Gasteiger partial charge in [-0.05, 0) is 50.3 Å². The van der Waals surface area contributed by atoms with E-state index in [1.807, 2.05) is 0 Å². The molecule has 29 heavy (non-hydrogen) atoms. The number of rotatable bonds is 1. The van der Waals surface area contributed by atoms with Crippen molar-refractivity contribution in [3.05, 3.63) is 28.8 Å². The first-order valence-corrected chi connectivity index (χ1v) is 10.6. The van der Waals surface area contributed by atoms with Crippen LogP contribution in [-0.4, -0.2) is 48.9 Å². The monoisotopic (exact) mass is 428 g/mol. The fraction of sp³-hybridized carbons (Fsp3) is 0.619. The third kappa shape index (κ3) is 6.04. The lowest BCUT2D eigenvalue weighted by Gasteiger charge is -2.32. The molecule has 2 aliphatic rings. The highest BCUT2D eigenvalue weighted by atomic mass is 35.5. The highest BCUT2D eigenvalue weighted by molar-refractivity contribution is 6.31. The van der Waals surface area contributed by atoms with Crippen LogP contribution in [0.5, 0.6) is 5.75 Å². The van der Waals surface area contributed by atoms with Crippen molar-refractivity contribution < 1.29 is 23.1 Å². The Bertz CT molecular complexity index is 735. The molecule has 1 fully saturated rings. The number of fused-ring (bicyclic) bond motifs is 1. The van der Waals surface area contributed by atoms with Gasteiger partial charge in [-0.2, -0.15) is 0 Å². The number of carbonyl (C=O) groups excluding carboxylic acids is 2. The smallest absolute Gasteiger partial charge is 0.255 e. The molecule has 1 N–H and O–H groups in total. The van der Waals surface area contributed by atoms with Crippen LogP contribution in [0.25, 0.3) is 0 Å². The van der Waals surface area contributed by atoms with Crippen LogP contribution in [0.3, 0.4) is 0 Å². The molecule has 0 atom stereocenters. The minimum absolute atomic E-state index is 0.0356. The van der Waals surface area contributed by atoms with Crippen LogP contribution in [0.4, 0.5) is 8.78 Å². The van der Waals surface area contributed by atoms with E-state index in [1.54, 1.807) is 23.1 Å². The second kappa shape index (κ2) is 9.74. The zero-order valence-corrected chi connectivity index (χ0v) is 17.1. The molecule has 5 nitrogen and oxygen atoms in total. The topological polar surface area (TPSA) is 58.6 Å². The summed E-state index contributed by atoms with van der Waals surface area (Å²) in [7, 11) is 0. The number of benzene rings is 1. The molecule has 1 aliphatic heterocycles. The van der Waals surface area contributed by atoms with Gasteiger partial charge in [-0.3, -0.25) is 9.59 Å². The first-order valence-electron chi connectivity index (χ1n) is 10.2. The molecule has 2 amide bonds. The minimum atomic E-state index is -2.64. The van der Waals surface area contributed by atoms with E-state index in [9.17, 15) is 18.4 Å². The van der Waals surface area contributed by atoms with Gasteiger partial charge < -0.3 is 15.0 Å². The summed E-state index contributed by atoms with van der Waals surface area (Å²) < 4.78 is 32.6. The third-order valence-electron chi connectivity index (χ3n) is 5.53. The summed E-state index contributed by atoms with van der Waals surface area (Å²) in [4.78, 5) is 27.1. The van der Waals surface area contributed by atoms with Gasteiger partial charge in [-0.15, -0.1) is 0 Å². The maximum absolute atomic E-state index is 13.4. The van der Waals surface area contributed by atoms with E-state index < -0.39 is 5.92 Å². The summed E-state index contributed by atoms with van der Waals surface area (Å²) in [5.41, 5.74) is 0.396. The van der Waals surface area contributed by atoms with Crippen LogP contribution in [0.1, 0.15) is 55.3 Å². The predicted octanol–water partition coefficient (Wildman–Crippen LogP) is 4.29. The van der Waals surface area contributed by atoms with Gasteiger partial charge >= 0.3 is 0 Å². The van der Waals surface area contributed by atoms with Crippen molar-refractivity contribution in [3.8, 4) is 5.75 Å². The third-order valence-corrected chi connectivity index (χ3v) is 5.77.